The minimum atomic E-state index is 0.573. The summed E-state index contributed by atoms with van der Waals surface area (Å²) < 4.78 is 0. The topological polar surface area (TPSA) is 65.1 Å². The molecule has 0 aliphatic rings. The fraction of sp³-hybridized carbons (Fsp3) is 0.200. The number of halogens is 1. The molecule has 2 aromatic carbocycles. The molecular weight excluding hydrogens is 346 g/mol. The van der Waals surface area contributed by atoms with Crippen molar-refractivity contribution in [1.82, 2.24) is 20.6 Å². The van der Waals surface area contributed by atoms with Crippen molar-refractivity contribution in [3.05, 3.63) is 77.2 Å². The van der Waals surface area contributed by atoms with Crippen LogP contribution in [-0.4, -0.2) is 29.5 Å². The van der Waals surface area contributed by atoms with E-state index in [4.69, 9.17) is 11.6 Å². The van der Waals surface area contributed by atoms with Gasteiger partial charge in [0, 0.05) is 18.6 Å². The Morgan fingerprint density at radius 1 is 1.12 bits per heavy atom. The van der Waals surface area contributed by atoms with Crippen molar-refractivity contribution >= 4 is 17.6 Å². The first kappa shape index (κ1) is 18.0. The van der Waals surface area contributed by atoms with Crippen molar-refractivity contribution in [1.29, 1.82) is 0 Å². The normalized spacial score (nSPS) is 11.4. The van der Waals surface area contributed by atoms with Crippen LogP contribution in [0.2, 0.25) is 5.02 Å². The molecule has 0 radical (unpaired) electrons. The molecule has 0 spiro atoms. The van der Waals surface area contributed by atoms with Gasteiger partial charge in [-0.15, -0.1) is 0 Å². The van der Waals surface area contributed by atoms with Crippen LogP contribution in [0.4, 0.5) is 0 Å². The second-order valence-corrected chi connectivity index (χ2v) is 6.28. The van der Waals surface area contributed by atoms with Crippen LogP contribution in [0, 0.1) is 0 Å². The van der Waals surface area contributed by atoms with E-state index in [1.54, 1.807) is 7.05 Å². The maximum atomic E-state index is 6.01. The summed E-state index contributed by atoms with van der Waals surface area (Å²) in [5.41, 5.74) is 3.32. The van der Waals surface area contributed by atoms with Crippen LogP contribution in [0.1, 0.15) is 11.4 Å². The van der Waals surface area contributed by atoms with Crippen molar-refractivity contribution in [2.24, 2.45) is 4.99 Å². The van der Waals surface area contributed by atoms with E-state index in [0.29, 0.717) is 6.54 Å². The summed E-state index contributed by atoms with van der Waals surface area (Å²) in [5.74, 6) is 1.60. The monoisotopic (exact) mass is 367 g/mol. The van der Waals surface area contributed by atoms with Gasteiger partial charge in [-0.05, 0) is 29.7 Å². The molecule has 6 heteroatoms. The number of guanidine groups is 1. The Hall–Kier alpha value is -2.79. The molecule has 0 unspecified atom stereocenters. The van der Waals surface area contributed by atoms with Gasteiger partial charge in [-0.2, -0.15) is 0 Å². The van der Waals surface area contributed by atoms with Crippen LogP contribution in [0.15, 0.2) is 65.8 Å². The molecule has 1 heterocycles. The van der Waals surface area contributed by atoms with Crippen LogP contribution in [-0.2, 0) is 13.0 Å². The first-order chi connectivity index (χ1) is 12.7. The predicted octanol–water partition coefficient (Wildman–Crippen LogP) is 3.64. The third kappa shape index (κ3) is 5.10. The first-order valence-electron chi connectivity index (χ1n) is 8.53. The van der Waals surface area contributed by atoms with E-state index >= 15 is 0 Å². The third-order valence-corrected chi connectivity index (χ3v) is 4.19. The van der Waals surface area contributed by atoms with Gasteiger partial charge in [0.1, 0.15) is 5.82 Å². The molecule has 1 aromatic heterocycles. The lowest BCUT2D eigenvalue weighted by atomic mass is 10.1. The fourth-order valence-electron chi connectivity index (χ4n) is 2.62. The van der Waals surface area contributed by atoms with Gasteiger partial charge in [-0.3, -0.25) is 4.99 Å². The van der Waals surface area contributed by atoms with Gasteiger partial charge >= 0.3 is 0 Å². The zero-order valence-electron chi connectivity index (χ0n) is 14.7. The van der Waals surface area contributed by atoms with Crippen molar-refractivity contribution < 1.29 is 0 Å². The van der Waals surface area contributed by atoms with E-state index < -0.39 is 0 Å². The van der Waals surface area contributed by atoms with E-state index in [9.17, 15) is 0 Å². The van der Waals surface area contributed by atoms with Crippen molar-refractivity contribution in [3.63, 3.8) is 0 Å². The highest BCUT2D eigenvalue weighted by Gasteiger charge is 2.04. The van der Waals surface area contributed by atoms with Gasteiger partial charge < -0.3 is 15.6 Å². The number of aromatic nitrogens is 2. The Morgan fingerprint density at radius 3 is 2.73 bits per heavy atom. The summed E-state index contributed by atoms with van der Waals surface area (Å²) >= 11 is 6.01. The molecule has 0 bridgehead atoms. The van der Waals surface area contributed by atoms with Gasteiger partial charge in [0.25, 0.3) is 0 Å². The minimum absolute atomic E-state index is 0.573. The number of nitrogens with zero attached hydrogens (tertiary/aromatic N) is 2. The highest BCUT2D eigenvalue weighted by Crippen LogP contribution is 2.15. The number of rotatable bonds is 6. The molecule has 0 aliphatic heterocycles. The zero-order valence-corrected chi connectivity index (χ0v) is 15.4. The number of aliphatic imine (C=N–C) groups is 1. The predicted molar refractivity (Wildman–Crippen MR) is 107 cm³/mol. The van der Waals surface area contributed by atoms with Gasteiger partial charge in [-0.1, -0.05) is 54.1 Å². The summed E-state index contributed by atoms with van der Waals surface area (Å²) in [7, 11) is 1.76. The smallest absolute Gasteiger partial charge is 0.191 e. The lowest BCUT2D eigenvalue weighted by Crippen LogP contribution is -2.38. The molecule has 0 atom stereocenters. The quantitative estimate of drug-likeness (QED) is 0.460. The van der Waals surface area contributed by atoms with Crippen LogP contribution >= 0.6 is 11.6 Å². The first-order valence-corrected chi connectivity index (χ1v) is 8.90. The number of benzene rings is 2. The molecule has 3 aromatic rings. The Morgan fingerprint density at radius 2 is 1.96 bits per heavy atom. The third-order valence-electron chi connectivity index (χ3n) is 3.96. The Labute approximate surface area is 158 Å². The maximum Gasteiger partial charge on any atom is 0.191 e. The molecule has 3 N–H and O–H groups in total. The van der Waals surface area contributed by atoms with Crippen molar-refractivity contribution in [2.45, 2.75) is 13.0 Å². The standard InChI is InChI=1S/C20H22ClN5/c1-22-20(23-11-10-15-6-5-9-17(21)12-15)25-14-19-24-13-18(26-19)16-7-3-2-4-8-16/h2-9,12-13H,10-11,14H2,1H3,(H,24,26)(H2,22,23,25). The molecular formula is C20H22ClN5. The number of nitrogens with one attached hydrogen (secondary N) is 3. The van der Waals surface area contributed by atoms with Crippen molar-refractivity contribution in [3.8, 4) is 11.3 Å². The number of imidazole rings is 1. The number of aromatic amines is 1. The van der Waals surface area contributed by atoms with Crippen LogP contribution in [0.5, 0.6) is 0 Å². The zero-order chi connectivity index (χ0) is 18.2. The lowest BCUT2D eigenvalue weighted by Gasteiger charge is -2.11. The minimum Gasteiger partial charge on any atom is -0.356 e. The molecule has 26 heavy (non-hydrogen) atoms. The Kier molecular flexibility index (Phi) is 6.28. The molecule has 5 nitrogen and oxygen atoms in total. The van der Waals surface area contributed by atoms with E-state index in [1.165, 1.54) is 5.56 Å². The van der Waals surface area contributed by atoms with E-state index in [2.05, 4.69) is 43.8 Å². The Bertz CT molecular complexity index is 857. The summed E-state index contributed by atoms with van der Waals surface area (Å²) in [6, 6.07) is 18.0. The maximum absolute atomic E-state index is 6.01. The number of hydrogen-bond acceptors (Lipinski definition) is 2. The largest absolute Gasteiger partial charge is 0.356 e. The molecule has 0 amide bonds. The summed E-state index contributed by atoms with van der Waals surface area (Å²) in [6.45, 7) is 1.34. The molecule has 134 valence electrons. The lowest BCUT2D eigenvalue weighted by molar-refractivity contribution is 0.773. The summed E-state index contributed by atoms with van der Waals surface area (Å²) in [4.78, 5) is 12.0. The van der Waals surface area contributed by atoms with E-state index in [-0.39, 0.29) is 0 Å². The van der Waals surface area contributed by atoms with Gasteiger partial charge in [0.15, 0.2) is 5.96 Å². The molecule has 3 rings (SSSR count). The highest BCUT2D eigenvalue weighted by molar-refractivity contribution is 6.30. The molecule has 0 saturated carbocycles. The van der Waals surface area contributed by atoms with Crippen LogP contribution < -0.4 is 10.6 Å². The van der Waals surface area contributed by atoms with Crippen molar-refractivity contribution in [2.75, 3.05) is 13.6 Å². The summed E-state index contributed by atoms with van der Waals surface area (Å²) in [6.07, 6.45) is 2.72. The van der Waals surface area contributed by atoms with Crippen LogP contribution in [0.3, 0.4) is 0 Å². The number of H-pyrrole nitrogens is 1. The molecule has 0 fully saturated rings. The fourth-order valence-corrected chi connectivity index (χ4v) is 2.84. The average Bonchev–Trinajstić information content (AvgIpc) is 3.14. The number of hydrogen-bond donors (Lipinski definition) is 3. The van der Waals surface area contributed by atoms with E-state index in [0.717, 1.165) is 41.0 Å². The SMILES string of the molecule is CN=C(NCCc1cccc(Cl)c1)NCc1ncc(-c2ccccc2)[nH]1. The average molecular weight is 368 g/mol. The van der Waals surface area contributed by atoms with Crippen LogP contribution in [0.25, 0.3) is 11.3 Å². The van der Waals surface area contributed by atoms with E-state index in [1.807, 2.05) is 42.6 Å². The second kappa shape index (κ2) is 9.06. The Balaban J connectivity index is 1.48. The highest BCUT2D eigenvalue weighted by atomic mass is 35.5. The van der Waals surface area contributed by atoms with Gasteiger partial charge in [0.2, 0.25) is 0 Å². The molecule has 0 aliphatic carbocycles. The second-order valence-electron chi connectivity index (χ2n) is 5.84. The summed E-state index contributed by atoms with van der Waals surface area (Å²) in [5, 5.41) is 7.33. The van der Waals surface area contributed by atoms with Gasteiger partial charge in [0.05, 0.1) is 18.4 Å². The van der Waals surface area contributed by atoms with Gasteiger partial charge in [-0.25, -0.2) is 4.98 Å². The molecule has 0 saturated heterocycles.